The van der Waals surface area contributed by atoms with E-state index in [1.165, 1.54) is 7.11 Å². The first kappa shape index (κ1) is 13.4. The molecule has 1 rings (SSSR count). The normalized spacial score (nSPS) is 12.2. The largest absolute Gasteiger partial charge is 0.468 e. The zero-order chi connectivity index (χ0) is 12.0. The molecule has 0 aliphatic rings. The fourth-order valence-corrected chi connectivity index (χ4v) is 1.80. The van der Waals surface area contributed by atoms with Crippen molar-refractivity contribution < 1.29 is 9.53 Å². The topological polar surface area (TPSA) is 51.2 Å². The fourth-order valence-electron chi connectivity index (χ4n) is 1.24. The van der Waals surface area contributed by atoms with Gasteiger partial charge in [-0.1, -0.05) is 28.7 Å². The molecule has 0 saturated heterocycles. The third-order valence-electron chi connectivity index (χ3n) is 2.03. The molecule has 1 unspecified atom stereocenters. The number of esters is 1. The van der Waals surface area contributed by atoms with Gasteiger partial charge in [-0.25, -0.2) is 0 Å². The quantitative estimate of drug-likeness (QED) is 0.503. The van der Waals surface area contributed by atoms with Crippen molar-refractivity contribution >= 4 is 28.6 Å². The van der Waals surface area contributed by atoms with E-state index < -0.39 is 0 Å². The van der Waals surface area contributed by atoms with Gasteiger partial charge in [0.05, 0.1) is 12.8 Å². The van der Waals surface area contributed by atoms with Gasteiger partial charge < -0.3 is 10.1 Å². The molecule has 4 nitrogen and oxygen atoms in total. The Morgan fingerprint density at radius 2 is 2.38 bits per heavy atom. The van der Waals surface area contributed by atoms with Crippen molar-refractivity contribution in [1.82, 2.24) is 10.3 Å². The molecule has 0 amide bonds. The van der Waals surface area contributed by atoms with E-state index in [9.17, 15) is 4.79 Å². The van der Waals surface area contributed by atoms with E-state index in [0.717, 1.165) is 11.4 Å². The third kappa shape index (κ3) is 4.44. The Morgan fingerprint density at radius 1 is 1.62 bits per heavy atom. The fraction of sp³-hybridized carbons (Fsp3) is 0.455. The predicted molar refractivity (Wildman–Crippen MR) is 70.5 cm³/mol. The number of rotatable bonds is 5. The predicted octanol–water partition coefficient (Wildman–Crippen LogP) is 1.46. The van der Waals surface area contributed by atoms with Crippen LogP contribution in [-0.2, 0) is 16.1 Å². The van der Waals surface area contributed by atoms with Crippen LogP contribution in [0.5, 0.6) is 0 Å². The zero-order valence-electron chi connectivity index (χ0n) is 9.37. The van der Waals surface area contributed by atoms with Crippen LogP contribution >= 0.6 is 22.6 Å². The lowest BCUT2D eigenvalue weighted by atomic mass is 10.3. The van der Waals surface area contributed by atoms with Gasteiger partial charge in [-0.2, -0.15) is 0 Å². The van der Waals surface area contributed by atoms with Gasteiger partial charge in [0.15, 0.2) is 0 Å². The summed E-state index contributed by atoms with van der Waals surface area (Å²) >= 11 is 2.06. The van der Waals surface area contributed by atoms with E-state index >= 15 is 0 Å². The number of hydrogen-bond donors (Lipinski definition) is 1. The molecule has 1 aromatic rings. The summed E-state index contributed by atoms with van der Waals surface area (Å²) in [7, 11) is 1.40. The van der Waals surface area contributed by atoms with Crippen molar-refractivity contribution in [1.29, 1.82) is 0 Å². The highest BCUT2D eigenvalue weighted by atomic mass is 127. The number of carbonyl (C=O) groups excluding carboxylic acids is 1. The number of halogens is 1. The van der Waals surface area contributed by atoms with Crippen molar-refractivity contribution in [3.8, 4) is 0 Å². The Balaban J connectivity index is 2.33. The van der Waals surface area contributed by atoms with E-state index in [4.69, 9.17) is 0 Å². The number of methoxy groups -OCH3 is 1. The Kier molecular flexibility index (Phi) is 5.68. The maximum Gasteiger partial charge on any atom is 0.319 e. The standard InChI is InChI=1S/C11H15IN2O2/c1-8-4-3-5-9(14-8)6-13-7-10(12)11(15)16-2/h3-5,10,13H,6-7H2,1-2H3. The first-order valence-electron chi connectivity index (χ1n) is 4.98. The second-order valence-corrected chi connectivity index (χ2v) is 4.90. The molecule has 0 fully saturated rings. The van der Waals surface area contributed by atoms with Crippen LogP contribution in [0.2, 0.25) is 0 Å². The molecule has 1 aromatic heterocycles. The van der Waals surface area contributed by atoms with Crippen LogP contribution in [0.1, 0.15) is 11.4 Å². The molecule has 5 heteroatoms. The van der Waals surface area contributed by atoms with E-state index in [1.54, 1.807) is 0 Å². The molecule has 1 N–H and O–H groups in total. The lowest BCUT2D eigenvalue weighted by Crippen LogP contribution is -2.29. The minimum Gasteiger partial charge on any atom is -0.468 e. The average Bonchev–Trinajstić information content (AvgIpc) is 2.28. The summed E-state index contributed by atoms with van der Waals surface area (Å²) in [6, 6.07) is 5.89. The summed E-state index contributed by atoms with van der Waals surface area (Å²) in [5.41, 5.74) is 1.98. The highest BCUT2D eigenvalue weighted by molar-refractivity contribution is 14.1. The monoisotopic (exact) mass is 334 g/mol. The Labute approximate surface area is 109 Å². The van der Waals surface area contributed by atoms with Crippen LogP contribution in [0.15, 0.2) is 18.2 Å². The van der Waals surface area contributed by atoms with Gasteiger partial charge in [-0.15, -0.1) is 0 Å². The molecule has 0 bridgehead atoms. The Hall–Kier alpha value is -0.690. The van der Waals surface area contributed by atoms with Crippen LogP contribution in [0.4, 0.5) is 0 Å². The van der Waals surface area contributed by atoms with Crippen molar-refractivity contribution in [3.05, 3.63) is 29.6 Å². The number of aromatic nitrogens is 1. The molecule has 0 aliphatic carbocycles. The zero-order valence-corrected chi connectivity index (χ0v) is 11.5. The van der Waals surface area contributed by atoms with Crippen molar-refractivity contribution in [2.45, 2.75) is 17.4 Å². The Morgan fingerprint density at radius 3 is 3.00 bits per heavy atom. The molecular weight excluding hydrogens is 319 g/mol. The lowest BCUT2D eigenvalue weighted by molar-refractivity contribution is -0.139. The van der Waals surface area contributed by atoms with Crippen molar-refractivity contribution in [3.63, 3.8) is 0 Å². The van der Waals surface area contributed by atoms with Gasteiger partial charge in [0, 0.05) is 18.8 Å². The molecule has 0 aliphatic heterocycles. The third-order valence-corrected chi connectivity index (χ3v) is 2.98. The maximum absolute atomic E-state index is 11.1. The van der Waals surface area contributed by atoms with E-state index in [-0.39, 0.29) is 9.89 Å². The highest BCUT2D eigenvalue weighted by Crippen LogP contribution is 2.02. The molecule has 0 saturated carbocycles. The minimum atomic E-state index is -0.203. The smallest absolute Gasteiger partial charge is 0.319 e. The SMILES string of the molecule is COC(=O)C(I)CNCc1cccc(C)n1. The summed E-state index contributed by atoms with van der Waals surface area (Å²) in [5.74, 6) is -0.203. The molecule has 16 heavy (non-hydrogen) atoms. The second kappa shape index (κ2) is 6.80. The second-order valence-electron chi connectivity index (χ2n) is 3.39. The van der Waals surface area contributed by atoms with Crippen LogP contribution in [-0.4, -0.2) is 28.5 Å². The van der Waals surface area contributed by atoms with Gasteiger partial charge in [-0.05, 0) is 19.1 Å². The van der Waals surface area contributed by atoms with Gasteiger partial charge in [-0.3, -0.25) is 9.78 Å². The van der Waals surface area contributed by atoms with E-state index in [0.29, 0.717) is 13.1 Å². The molecule has 1 atom stereocenters. The molecule has 88 valence electrons. The number of carbonyl (C=O) groups is 1. The number of hydrogen-bond acceptors (Lipinski definition) is 4. The van der Waals surface area contributed by atoms with Gasteiger partial charge >= 0.3 is 5.97 Å². The number of aryl methyl sites for hydroxylation is 1. The van der Waals surface area contributed by atoms with Crippen LogP contribution in [0.25, 0.3) is 0 Å². The number of nitrogens with one attached hydrogen (secondary N) is 1. The minimum absolute atomic E-state index is 0.160. The van der Waals surface area contributed by atoms with Gasteiger partial charge in [0.1, 0.15) is 3.92 Å². The lowest BCUT2D eigenvalue weighted by Gasteiger charge is -2.09. The molecular formula is C11H15IN2O2. The molecule has 0 spiro atoms. The molecule has 0 radical (unpaired) electrons. The number of nitrogens with zero attached hydrogens (tertiary/aromatic N) is 1. The number of pyridine rings is 1. The highest BCUT2D eigenvalue weighted by Gasteiger charge is 2.13. The molecule has 0 aromatic carbocycles. The average molecular weight is 334 g/mol. The van der Waals surface area contributed by atoms with E-state index in [2.05, 4.69) is 37.6 Å². The van der Waals surface area contributed by atoms with Crippen molar-refractivity contribution in [2.24, 2.45) is 0 Å². The van der Waals surface area contributed by atoms with Crippen LogP contribution < -0.4 is 5.32 Å². The summed E-state index contributed by atoms with van der Waals surface area (Å²) < 4.78 is 4.47. The Bertz CT molecular complexity index is 358. The van der Waals surface area contributed by atoms with Gasteiger partial charge in [0.2, 0.25) is 0 Å². The molecule has 1 heterocycles. The first-order valence-corrected chi connectivity index (χ1v) is 6.23. The number of alkyl halides is 1. The first-order chi connectivity index (χ1) is 7.63. The van der Waals surface area contributed by atoms with Crippen LogP contribution in [0.3, 0.4) is 0 Å². The van der Waals surface area contributed by atoms with Crippen molar-refractivity contribution in [2.75, 3.05) is 13.7 Å². The summed E-state index contributed by atoms with van der Waals surface area (Å²) in [6.45, 7) is 3.21. The van der Waals surface area contributed by atoms with Gasteiger partial charge in [0.25, 0.3) is 0 Å². The summed E-state index contributed by atoms with van der Waals surface area (Å²) in [6.07, 6.45) is 0. The number of ether oxygens (including phenoxy) is 1. The van der Waals surface area contributed by atoms with Crippen LogP contribution in [0, 0.1) is 6.92 Å². The van der Waals surface area contributed by atoms with E-state index in [1.807, 2.05) is 25.1 Å². The summed E-state index contributed by atoms with van der Waals surface area (Å²) in [5, 5.41) is 3.17. The summed E-state index contributed by atoms with van der Waals surface area (Å²) in [4.78, 5) is 15.5. The maximum atomic E-state index is 11.1.